The Balaban J connectivity index is 1.55. The van der Waals surface area contributed by atoms with Gasteiger partial charge in [-0.05, 0) is 43.5 Å². The Bertz CT molecular complexity index is 822. The molecule has 0 radical (unpaired) electrons. The van der Waals surface area contributed by atoms with E-state index < -0.39 is 18.2 Å². The molecule has 2 aliphatic rings. The molecule has 1 aliphatic heterocycles. The Hall–Kier alpha value is -2.49. The molecule has 1 saturated heterocycles. The average molecular weight is 500 g/mol. The lowest BCUT2D eigenvalue weighted by atomic mass is 9.83. The minimum atomic E-state index is -4.73. The van der Waals surface area contributed by atoms with Crippen LogP contribution in [-0.4, -0.2) is 62.0 Å². The van der Waals surface area contributed by atoms with Crippen LogP contribution in [0.25, 0.3) is 0 Å². The number of carbonyl (C=O) groups is 2. The van der Waals surface area contributed by atoms with Crippen LogP contribution >= 0.6 is 0 Å². The summed E-state index contributed by atoms with van der Waals surface area (Å²) in [7, 11) is 0. The van der Waals surface area contributed by atoms with Gasteiger partial charge in [0.2, 0.25) is 11.8 Å². The smallest absolute Gasteiger partial charge is 0.406 e. The Morgan fingerprint density at radius 2 is 1.74 bits per heavy atom. The lowest BCUT2D eigenvalue weighted by Crippen LogP contribution is -2.49. The first-order chi connectivity index (χ1) is 16.6. The second kappa shape index (κ2) is 12.5. The SMILES string of the molecule is C[C@@H](CNc1ccc(OC(F)(F)F)cc1)NC(=O)[C@H](CC1CCCC1)[C@@H](C)C(=O)N1CCOCC1. The summed E-state index contributed by atoms with van der Waals surface area (Å²) < 4.78 is 46.2. The highest BCUT2D eigenvalue weighted by atomic mass is 19.4. The van der Waals surface area contributed by atoms with Crippen molar-refractivity contribution >= 4 is 17.5 Å². The van der Waals surface area contributed by atoms with Gasteiger partial charge in [-0.2, -0.15) is 0 Å². The number of nitrogens with one attached hydrogen (secondary N) is 2. The van der Waals surface area contributed by atoms with E-state index >= 15 is 0 Å². The maximum absolute atomic E-state index is 13.3. The predicted molar refractivity (Wildman–Crippen MR) is 126 cm³/mol. The zero-order valence-electron chi connectivity index (χ0n) is 20.4. The molecule has 7 nitrogen and oxygen atoms in total. The zero-order valence-corrected chi connectivity index (χ0v) is 20.4. The number of nitrogens with zero attached hydrogens (tertiary/aromatic N) is 1. The number of carbonyl (C=O) groups excluding carboxylic acids is 2. The van der Waals surface area contributed by atoms with Crippen molar-refractivity contribution in [1.82, 2.24) is 10.2 Å². The molecule has 0 spiro atoms. The van der Waals surface area contributed by atoms with E-state index in [-0.39, 0.29) is 23.6 Å². The molecule has 3 atom stereocenters. The summed E-state index contributed by atoms with van der Waals surface area (Å²) in [6.45, 7) is 6.22. The van der Waals surface area contributed by atoms with E-state index in [9.17, 15) is 22.8 Å². The van der Waals surface area contributed by atoms with Gasteiger partial charge >= 0.3 is 6.36 Å². The molecule has 1 aliphatic carbocycles. The van der Waals surface area contributed by atoms with Crippen molar-refractivity contribution in [1.29, 1.82) is 0 Å². The Kier molecular flexibility index (Phi) is 9.65. The third-order valence-corrected chi connectivity index (χ3v) is 6.80. The van der Waals surface area contributed by atoms with Gasteiger partial charge in [-0.3, -0.25) is 9.59 Å². The van der Waals surface area contributed by atoms with Crippen molar-refractivity contribution in [3.63, 3.8) is 0 Å². The monoisotopic (exact) mass is 499 g/mol. The van der Waals surface area contributed by atoms with Crippen molar-refractivity contribution in [3.8, 4) is 5.75 Å². The van der Waals surface area contributed by atoms with E-state index in [1.807, 2.05) is 13.8 Å². The van der Waals surface area contributed by atoms with Gasteiger partial charge in [-0.25, -0.2) is 0 Å². The van der Waals surface area contributed by atoms with E-state index in [1.165, 1.54) is 24.3 Å². The molecule has 0 bridgehead atoms. The second-order valence-electron chi connectivity index (χ2n) is 9.58. The van der Waals surface area contributed by atoms with Crippen LogP contribution in [0.1, 0.15) is 46.0 Å². The van der Waals surface area contributed by atoms with Crippen molar-refractivity contribution in [3.05, 3.63) is 24.3 Å². The van der Waals surface area contributed by atoms with Crippen LogP contribution in [-0.2, 0) is 14.3 Å². The number of hydrogen-bond acceptors (Lipinski definition) is 5. The molecule has 2 N–H and O–H groups in total. The Morgan fingerprint density at radius 1 is 1.11 bits per heavy atom. The molecule has 0 aromatic heterocycles. The lowest BCUT2D eigenvalue weighted by Gasteiger charge is -2.33. The summed E-state index contributed by atoms with van der Waals surface area (Å²) in [5.74, 6) is -0.799. The van der Waals surface area contributed by atoms with Gasteiger partial charge in [0.25, 0.3) is 0 Å². The number of anilines is 1. The Morgan fingerprint density at radius 3 is 2.34 bits per heavy atom. The van der Waals surface area contributed by atoms with E-state index in [0.29, 0.717) is 50.9 Å². The van der Waals surface area contributed by atoms with Crippen LogP contribution < -0.4 is 15.4 Å². The Labute approximate surface area is 204 Å². The van der Waals surface area contributed by atoms with Crippen LogP contribution in [0.15, 0.2) is 24.3 Å². The van der Waals surface area contributed by atoms with Crippen LogP contribution in [0, 0.1) is 17.8 Å². The topological polar surface area (TPSA) is 79.9 Å². The normalized spacial score (nSPS) is 19.6. The summed E-state index contributed by atoms with van der Waals surface area (Å²) in [5, 5.41) is 6.15. The fourth-order valence-corrected chi connectivity index (χ4v) is 4.83. The van der Waals surface area contributed by atoms with Gasteiger partial charge in [0, 0.05) is 43.2 Å². The maximum atomic E-state index is 13.3. The standard InChI is InChI=1S/C25H36F3N3O4/c1-17(16-29-20-7-9-21(10-8-20)35-25(26,27)28)30-23(32)22(15-19-5-3-4-6-19)18(2)24(33)31-11-13-34-14-12-31/h7-10,17-19,22,29H,3-6,11-16H2,1-2H3,(H,30,32)/t17-,18+,22+/m0/s1. The third kappa shape index (κ3) is 8.59. The lowest BCUT2D eigenvalue weighted by molar-refractivity contribution is -0.274. The van der Waals surface area contributed by atoms with Crippen molar-refractivity contribution < 1.29 is 32.2 Å². The molecule has 196 valence electrons. The van der Waals surface area contributed by atoms with Crippen LogP contribution in [0.3, 0.4) is 0 Å². The van der Waals surface area contributed by atoms with Gasteiger partial charge in [-0.1, -0.05) is 32.6 Å². The van der Waals surface area contributed by atoms with Crippen molar-refractivity contribution in [2.24, 2.45) is 17.8 Å². The highest BCUT2D eigenvalue weighted by Gasteiger charge is 2.36. The zero-order chi connectivity index (χ0) is 25.4. The molecule has 1 aromatic rings. The first kappa shape index (κ1) is 27.1. The maximum Gasteiger partial charge on any atom is 0.573 e. The van der Waals surface area contributed by atoms with E-state index in [4.69, 9.17) is 4.74 Å². The quantitative estimate of drug-likeness (QED) is 0.505. The summed E-state index contributed by atoms with van der Waals surface area (Å²) >= 11 is 0. The third-order valence-electron chi connectivity index (χ3n) is 6.80. The number of hydrogen-bond donors (Lipinski definition) is 2. The molecule has 1 heterocycles. The summed E-state index contributed by atoms with van der Waals surface area (Å²) in [6.07, 6.45) is 0.476. The van der Waals surface area contributed by atoms with Crippen molar-refractivity contribution in [2.75, 3.05) is 38.2 Å². The minimum Gasteiger partial charge on any atom is -0.406 e. The van der Waals surface area contributed by atoms with Gasteiger partial charge < -0.3 is 25.0 Å². The van der Waals surface area contributed by atoms with Gasteiger partial charge in [0.05, 0.1) is 13.2 Å². The summed E-state index contributed by atoms with van der Waals surface area (Å²) in [4.78, 5) is 28.2. The van der Waals surface area contributed by atoms with Crippen LogP contribution in [0.4, 0.5) is 18.9 Å². The molecular formula is C25H36F3N3O4. The molecule has 2 amide bonds. The van der Waals surface area contributed by atoms with Gasteiger partial charge in [-0.15, -0.1) is 13.2 Å². The second-order valence-corrected chi connectivity index (χ2v) is 9.58. The van der Waals surface area contributed by atoms with E-state index in [0.717, 1.165) is 25.7 Å². The molecular weight excluding hydrogens is 463 g/mol. The average Bonchev–Trinajstić information content (AvgIpc) is 3.34. The molecule has 1 saturated carbocycles. The predicted octanol–water partition coefficient (Wildman–Crippen LogP) is 4.19. The fraction of sp³-hybridized carbons (Fsp3) is 0.680. The number of benzene rings is 1. The molecule has 0 unspecified atom stereocenters. The summed E-state index contributed by atoms with van der Waals surface area (Å²) in [5.41, 5.74) is 0.610. The number of rotatable bonds is 10. The number of alkyl halides is 3. The highest BCUT2D eigenvalue weighted by molar-refractivity contribution is 5.87. The first-order valence-corrected chi connectivity index (χ1v) is 12.4. The number of morpholine rings is 1. The van der Waals surface area contributed by atoms with Gasteiger partial charge in [0.15, 0.2) is 0 Å². The van der Waals surface area contributed by atoms with Crippen LogP contribution in [0.5, 0.6) is 5.75 Å². The number of halogens is 3. The molecule has 35 heavy (non-hydrogen) atoms. The molecule has 1 aromatic carbocycles. The summed E-state index contributed by atoms with van der Waals surface area (Å²) in [6, 6.07) is 5.19. The molecule has 10 heteroatoms. The number of amides is 2. The fourth-order valence-electron chi connectivity index (χ4n) is 4.83. The largest absolute Gasteiger partial charge is 0.573 e. The highest BCUT2D eigenvalue weighted by Crippen LogP contribution is 2.33. The first-order valence-electron chi connectivity index (χ1n) is 12.4. The van der Waals surface area contributed by atoms with Crippen LogP contribution in [0.2, 0.25) is 0 Å². The molecule has 2 fully saturated rings. The van der Waals surface area contributed by atoms with E-state index in [2.05, 4.69) is 15.4 Å². The minimum absolute atomic E-state index is 0.00149. The van der Waals surface area contributed by atoms with E-state index in [1.54, 1.807) is 4.90 Å². The number of ether oxygens (including phenoxy) is 2. The van der Waals surface area contributed by atoms with Crippen molar-refractivity contribution in [2.45, 2.75) is 58.4 Å². The van der Waals surface area contributed by atoms with Gasteiger partial charge in [0.1, 0.15) is 5.75 Å². The molecule has 3 rings (SSSR count).